The number of thioether (sulfide) groups is 1. The lowest BCUT2D eigenvalue weighted by Crippen LogP contribution is -2.23. The van der Waals surface area contributed by atoms with E-state index in [1.165, 1.54) is 12.1 Å². The molecule has 0 fully saturated rings. The third-order valence-electron chi connectivity index (χ3n) is 2.66. The van der Waals surface area contributed by atoms with Gasteiger partial charge < -0.3 is 5.73 Å². The molecule has 1 atom stereocenters. The van der Waals surface area contributed by atoms with Gasteiger partial charge in [0.1, 0.15) is 0 Å². The zero-order valence-corrected chi connectivity index (χ0v) is 10.9. The summed E-state index contributed by atoms with van der Waals surface area (Å²) in [6.07, 6.45) is -1.83. The third kappa shape index (κ3) is 3.78. The molecule has 0 aliphatic heterocycles. The summed E-state index contributed by atoms with van der Waals surface area (Å²) in [5.74, 6) is 0.800. The summed E-state index contributed by atoms with van der Waals surface area (Å²) in [5, 5.41) is 0. The van der Waals surface area contributed by atoms with Crippen molar-refractivity contribution in [3.05, 3.63) is 42.0 Å². The number of hydrogen-bond donors (Lipinski definition) is 1. The summed E-state index contributed by atoms with van der Waals surface area (Å²) in [6, 6.07) is 4.97. The predicted molar refractivity (Wildman–Crippen MR) is 71.5 cm³/mol. The molecule has 100 valence electrons. The summed E-state index contributed by atoms with van der Waals surface area (Å²) in [4.78, 5) is 0. The van der Waals surface area contributed by atoms with Crippen LogP contribution in [-0.2, 0) is 6.18 Å². The predicted octanol–water partition coefficient (Wildman–Crippen LogP) is 3.80. The third-order valence-corrected chi connectivity index (χ3v) is 3.30. The largest absolute Gasteiger partial charge is 0.416 e. The monoisotopic (exact) mass is 275 g/mol. The number of benzene rings is 1. The molecular formula is C13H16F3NS. The van der Waals surface area contributed by atoms with Crippen molar-refractivity contribution in [2.75, 3.05) is 12.0 Å². The highest BCUT2D eigenvalue weighted by atomic mass is 32.2. The number of nitrogens with two attached hydrogens (primary N) is 1. The Morgan fingerprint density at radius 3 is 2.56 bits per heavy atom. The SMILES string of the molecule is C=C(c1ccccc1C(F)(F)F)[C@@H](N)CCSC. The van der Waals surface area contributed by atoms with Crippen LogP contribution in [0.15, 0.2) is 30.8 Å². The maximum absolute atomic E-state index is 12.8. The van der Waals surface area contributed by atoms with E-state index in [0.29, 0.717) is 12.0 Å². The van der Waals surface area contributed by atoms with E-state index in [9.17, 15) is 13.2 Å². The van der Waals surface area contributed by atoms with Crippen LogP contribution in [0, 0.1) is 0 Å². The van der Waals surface area contributed by atoms with Gasteiger partial charge in [-0.25, -0.2) is 0 Å². The Hall–Kier alpha value is -0.940. The summed E-state index contributed by atoms with van der Waals surface area (Å²) in [6.45, 7) is 3.72. The van der Waals surface area contributed by atoms with Gasteiger partial charge in [-0.15, -0.1) is 0 Å². The van der Waals surface area contributed by atoms with E-state index in [1.807, 2.05) is 6.26 Å². The molecule has 1 aromatic carbocycles. The first-order valence-corrected chi connectivity index (χ1v) is 6.87. The van der Waals surface area contributed by atoms with E-state index >= 15 is 0 Å². The van der Waals surface area contributed by atoms with Gasteiger partial charge in [0.2, 0.25) is 0 Å². The van der Waals surface area contributed by atoms with Crippen LogP contribution in [0.3, 0.4) is 0 Å². The molecule has 1 nitrogen and oxygen atoms in total. The maximum Gasteiger partial charge on any atom is 0.416 e. The zero-order chi connectivity index (χ0) is 13.8. The molecule has 0 bridgehead atoms. The Bertz CT molecular complexity index is 415. The highest BCUT2D eigenvalue weighted by molar-refractivity contribution is 7.98. The Morgan fingerprint density at radius 2 is 2.00 bits per heavy atom. The Morgan fingerprint density at radius 1 is 1.39 bits per heavy atom. The zero-order valence-electron chi connectivity index (χ0n) is 10.1. The van der Waals surface area contributed by atoms with Crippen LogP contribution in [0.2, 0.25) is 0 Å². The van der Waals surface area contributed by atoms with Gasteiger partial charge in [0, 0.05) is 6.04 Å². The Balaban J connectivity index is 2.99. The van der Waals surface area contributed by atoms with Crippen molar-refractivity contribution in [3.8, 4) is 0 Å². The lowest BCUT2D eigenvalue weighted by molar-refractivity contribution is -0.137. The lowest BCUT2D eigenvalue weighted by Gasteiger charge is -2.19. The summed E-state index contributed by atoms with van der Waals surface area (Å²) in [5.41, 5.74) is 5.64. The van der Waals surface area contributed by atoms with E-state index in [2.05, 4.69) is 6.58 Å². The molecule has 0 unspecified atom stereocenters. The lowest BCUT2D eigenvalue weighted by atomic mass is 9.94. The fourth-order valence-electron chi connectivity index (χ4n) is 1.63. The molecule has 0 saturated heterocycles. The van der Waals surface area contributed by atoms with Crippen LogP contribution in [0.4, 0.5) is 13.2 Å². The van der Waals surface area contributed by atoms with Crippen LogP contribution in [0.25, 0.3) is 5.57 Å². The van der Waals surface area contributed by atoms with E-state index < -0.39 is 17.8 Å². The van der Waals surface area contributed by atoms with E-state index in [4.69, 9.17) is 5.73 Å². The molecule has 2 N–H and O–H groups in total. The van der Waals surface area contributed by atoms with E-state index in [1.54, 1.807) is 17.8 Å². The molecule has 18 heavy (non-hydrogen) atoms. The summed E-state index contributed by atoms with van der Waals surface area (Å²) < 4.78 is 38.5. The molecule has 0 heterocycles. The van der Waals surface area contributed by atoms with Gasteiger partial charge in [0.15, 0.2) is 0 Å². The minimum absolute atomic E-state index is 0.0959. The second-order valence-electron chi connectivity index (χ2n) is 3.96. The van der Waals surface area contributed by atoms with Gasteiger partial charge in [0.25, 0.3) is 0 Å². The van der Waals surface area contributed by atoms with Gasteiger partial charge in [-0.05, 0) is 35.6 Å². The van der Waals surface area contributed by atoms with Crippen molar-refractivity contribution in [1.29, 1.82) is 0 Å². The molecule has 1 aromatic rings. The highest BCUT2D eigenvalue weighted by Crippen LogP contribution is 2.35. The maximum atomic E-state index is 12.8. The molecule has 0 aliphatic rings. The summed E-state index contributed by atoms with van der Waals surface area (Å²) in [7, 11) is 0. The average Bonchev–Trinajstić information content (AvgIpc) is 2.34. The fourth-order valence-corrected chi connectivity index (χ4v) is 2.12. The van der Waals surface area contributed by atoms with Gasteiger partial charge in [-0.1, -0.05) is 24.8 Å². The Labute approximate surface area is 109 Å². The van der Waals surface area contributed by atoms with Crippen molar-refractivity contribution in [3.63, 3.8) is 0 Å². The molecule has 1 rings (SSSR count). The topological polar surface area (TPSA) is 26.0 Å². The van der Waals surface area contributed by atoms with Crippen molar-refractivity contribution in [1.82, 2.24) is 0 Å². The Kier molecular flexibility index (Phi) is 5.28. The van der Waals surface area contributed by atoms with Crippen LogP contribution >= 0.6 is 11.8 Å². The van der Waals surface area contributed by atoms with E-state index in [0.717, 1.165) is 11.8 Å². The van der Waals surface area contributed by atoms with Gasteiger partial charge in [0.05, 0.1) is 5.56 Å². The number of rotatable bonds is 5. The molecule has 0 radical (unpaired) electrons. The van der Waals surface area contributed by atoms with Crippen molar-refractivity contribution >= 4 is 17.3 Å². The number of halogens is 3. The molecule has 0 saturated carbocycles. The fraction of sp³-hybridized carbons (Fsp3) is 0.385. The molecule has 0 aromatic heterocycles. The first kappa shape index (κ1) is 15.1. The highest BCUT2D eigenvalue weighted by Gasteiger charge is 2.34. The molecule has 0 aliphatic carbocycles. The number of hydrogen-bond acceptors (Lipinski definition) is 2. The van der Waals surface area contributed by atoms with Gasteiger partial charge in [-0.3, -0.25) is 0 Å². The normalized spacial score (nSPS) is 13.4. The molecule has 0 amide bonds. The minimum atomic E-state index is -4.38. The minimum Gasteiger partial charge on any atom is -0.324 e. The second-order valence-corrected chi connectivity index (χ2v) is 4.94. The van der Waals surface area contributed by atoms with Crippen molar-refractivity contribution in [2.24, 2.45) is 5.73 Å². The summed E-state index contributed by atoms with van der Waals surface area (Å²) >= 11 is 1.61. The van der Waals surface area contributed by atoms with Crippen molar-refractivity contribution in [2.45, 2.75) is 18.6 Å². The van der Waals surface area contributed by atoms with E-state index in [-0.39, 0.29) is 5.56 Å². The van der Waals surface area contributed by atoms with Crippen molar-refractivity contribution < 1.29 is 13.2 Å². The van der Waals surface area contributed by atoms with Gasteiger partial charge >= 0.3 is 6.18 Å². The molecule has 5 heteroatoms. The standard InChI is InChI=1S/C13H16F3NS/c1-9(12(17)7-8-18-2)10-5-3-4-6-11(10)13(14,15)16/h3-6,12H,1,7-8,17H2,2H3/t12-/m0/s1. The molecular weight excluding hydrogens is 259 g/mol. The van der Waals surface area contributed by atoms with Crippen LogP contribution in [0.1, 0.15) is 17.5 Å². The second kappa shape index (κ2) is 6.29. The van der Waals surface area contributed by atoms with Crippen LogP contribution in [0.5, 0.6) is 0 Å². The molecule has 0 spiro atoms. The van der Waals surface area contributed by atoms with Crippen LogP contribution < -0.4 is 5.73 Å². The average molecular weight is 275 g/mol. The quantitative estimate of drug-likeness (QED) is 0.884. The first-order chi connectivity index (χ1) is 8.38. The van der Waals surface area contributed by atoms with Gasteiger partial charge in [-0.2, -0.15) is 24.9 Å². The number of alkyl halides is 3. The smallest absolute Gasteiger partial charge is 0.324 e. The first-order valence-electron chi connectivity index (χ1n) is 5.48. The van der Waals surface area contributed by atoms with Crippen LogP contribution in [-0.4, -0.2) is 18.1 Å².